The molecule has 2 aliphatic rings. The van der Waals surface area contributed by atoms with Crippen LogP contribution in [-0.4, -0.2) is 50.9 Å². The number of fused-ring (bicyclic) bond motifs is 1. The highest BCUT2D eigenvalue weighted by molar-refractivity contribution is 5.95. The van der Waals surface area contributed by atoms with Gasteiger partial charge in [0.25, 0.3) is 5.91 Å². The maximum Gasteiger partial charge on any atom is 0.435 e. The first kappa shape index (κ1) is 24.6. The van der Waals surface area contributed by atoms with Gasteiger partial charge in [-0.3, -0.25) is 4.79 Å². The van der Waals surface area contributed by atoms with Gasteiger partial charge in [0.2, 0.25) is 0 Å². The molecule has 3 aromatic rings. The largest absolute Gasteiger partial charge is 0.442 e. The molecular weight excluding hydrogens is 468 g/mol. The lowest BCUT2D eigenvalue weighted by atomic mass is 9.91. The minimum atomic E-state index is -0.941. The van der Waals surface area contributed by atoms with Crippen molar-refractivity contribution in [1.29, 1.82) is 0 Å². The van der Waals surface area contributed by atoms with Crippen molar-refractivity contribution in [2.75, 3.05) is 6.54 Å². The standard InChI is InChI=1S/C28H30N6O3/c1-28(2,18-30-32-29)37-27(36)33-17-22-16-24(14-15-25(22)31-33)34(23-12-13-23)26(35)21-10-8-20(9-11-21)19-6-4-3-5-7-19/h3-11,17,23-24H,12-16,18H2,1-2H3. The van der Waals surface area contributed by atoms with Gasteiger partial charge in [0, 0.05) is 28.8 Å². The molecule has 5 rings (SSSR count). The molecule has 1 fully saturated rings. The third kappa shape index (κ3) is 5.52. The molecule has 1 aromatic heterocycles. The first-order chi connectivity index (χ1) is 17.8. The number of nitrogens with zero attached hydrogens (tertiary/aromatic N) is 6. The zero-order chi connectivity index (χ0) is 26.0. The van der Waals surface area contributed by atoms with Gasteiger partial charge >= 0.3 is 6.09 Å². The second-order valence-corrected chi connectivity index (χ2v) is 10.3. The molecule has 9 heteroatoms. The Morgan fingerprint density at radius 1 is 1.08 bits per heavy atom. The zero-order valence-electron chi connectivity index (χ0n) is 21.1. The van der Waals surface area contributed by atoms with Gasteiger partial charge in [-0.25, -0.2) is 4.79 Å². The molecule has 37 heavy (non-hydrogen) atoms. The number of carbonyl (C=O) groups is 2. The number of rotatable bonds is 7. The minimum Gasteiger partial charge on any atom is -0.442 e. The number of carbonyl (C=O) groups excluding carboxylic acids is 2. The summed E-state index contributed by atoms with van der Waals surface area (Å²) in [6.45, 7) is 3.40. The van der Waals surface area contributed by atoms with E-state index in [1.807, 2.05) is 42.5 Å². The molecule has 9 nitrogen and oxygen atoms in total. The van der Waals surface area contributed by atoms with Crippen LogP contribution < -0.4 is 0 Å². The molecule has 1 unspecified atom stereocenters. The lowest BCUT2D eigenvalue weighted by Crippen LogP contribution is -2.44. The normalized spacial score (nSPS) is 16.9. The number of hydrogen-bond acceptors (Lipinski definition) is 5. The van der Waals surface area contributed by atoms with Crippen molar-refractivity contribution in [3.05, 3.63) is 88.1 Å². The van der Waals surface area contributed by atoms with Crippen LogP contribution in [0.15, 0.2) is 65.9 Å². The highest BCUT2D eigenvalue weighted by atomic mass is 16.6. The van der Waals surface area contributed by atoms with Crippen molar-refractivity contribution in [3.63, 3.8) is 0 Å². The fraction of sp³-hybridized carbons (Fsp3) is 0.393. The summed E-state index contributed by atoms with van der Waals surface area (Å²) in [5.74, 6) is 0.0576. The van der Waals surface area contributed by atoms with E-state index in [0.717, 1.165) is 41.6 Å². The van der Waals surface area contributed by atoms with Crippen LogP contribution in [0.3, 0.4) is 0 Å². The highest BCUT2D eigenvalue weighted by Crippen LogP contribution is 2.35. The Hall–Kier alpha value is -4.10. The Morgan fingerprint density at radius 3 is 2.46 bits per heavy atom. The molecule has 1 heterocycles. The smallest absolute Gasteiger partial charge is 0.435 e. The number of benzene rings is 2. The van der Waals surface area contributed by atoms with Crippen molar-refractivity contribution in [3.8, 4) is 11.1 Å². The van der Waals surface area contributed by atoms with Crippen LogP contribution in [0.5, 0.6) is 0 Å². The molecule has 0 radical (unpaired) electrons. The summed E-state index contributed by atoms with van der Waals surface area (Å²) in [6.07, 6.45) is 5.26. The van der Waals surface area contributed by atoms with Crippen molar-refractivity contribution >= 4 is 12.0 Å². The lowest BCUT2D eigenvalue weighted by molar-refractivity contribution is 0.0441. The second-order valence-electron chi connectivity index (χ2n) is 10.3. The summed E-state index contributed by atoms with van der Waals surface area (Å²) < 4.78 is 6.71. The summed E-state index contributed by atoms with van der Waals surface area (Å²) in [5, 5.41) is 7.95. The van der Waals surface area contributed by atoms with E-state index in [1.165, 1.54) is 4.68 Å². The van der Waals surface area contributed by atoms with Crippen LogP contribution in [0.4, 0.5) is 4.79 Å². The summed E-state index contributed by atoms with van der Waals surface area (Å²) in [4.78, 5) is 31.1. The van der Waals surface area contributed by atoms with Gasteiger partial charge < -0.3 is 9.64 Å². The van der Waals surface area contributed by atoms with Gasteiger partial charge in [0.15, 0.2) is 0 Å². The molecular formula is C28H30N6O3. The molecule has 2 aromatic carbocycles. The Kier molecular flexibility index (Phi) is 6.72. The molecule has 190 valence electrons. The maximum atomic E-state index is 13.6. The first-order valence-corrected chi connectivity index (χ1v) is 12.6. The van der Waals surface area contributed by atoms with Crippen LogP contribution in [0.2, 0.25) is 0 Å². The van der Waals surface area contributed by atoms with Crippen LogP contribution in [-0.2, 0) is 17.6 Å². The topological polar surface area (TPSA) is 113 Å². The monoisotopic (exact) mass is 498 g/mol. The number of aromatic nitrogens is 2. The van der Waals surface area contributed by atoms with E-state index >= 15 is 0 Å². The molecule has 0 bridgehead atoms. The summed E-state index contributed by atoms with van der Waals surface area (Å²) in [6, 6.07) is 18.3. The zero-order valence-corrected chi connectivity index (χ0v) is 21.1. The number of ether oxygens (including phenoxy) is 1. The summed E-state index contributed by atoms with van der Waals surface area (Å²) in [7, 11) is 0. The Balaban J connectivity index is 1.30. The van der Waals surface area contributed by atoms with Gasteiger partial charge in [0.05, 0.1) is 12.2 Å². The highest BCUT2D eigenvalue weighted by Gasteiger charge is 2.39. The lowest BCUT2D eigenvalue weighted by Gasteiger charge is -2.34. The maximum absolute atomic E-state index is 13.6. The second kappa shape index (κ2) is 10.1. The Labute approximate surface area is 215 Å². The number of aryl methyl sites for hydroxylation is 1. The van der Waals surface area contributed by atoms with Crippen LogP contribution in [0, 0.1) is 0 Å². The van der Waals surface area contributed by atoms with Crippen molar-refractivity contribution < 1.29 is 14.3 Å². The van der Waals surface area contributed by atoms with Crippen LogP contribution >= 0.6 is 0 Å². The quantitative estimate of drug-likeness (QED) is 0.233. The van der Waals surface area contributed by atoms with E-state index in [9.17, 15) is 9.59 Å². The average Bonchev–Trinajstić information content (AvgIpc) is 3.64. The van der Waals surface area contributed by atoms with Crippen molar-refractivity contribution in [1.82, 2.24) is 14.7 Å². The summed E-state index contributed by atoms with van der Waals surface area (Å²) >= 11 is 0. The fourth-order valence-corrected chi connectivity index (χ4v) is 4.90. The third-order valence-electron chi connectivity index (χ3n) is 6.92. The molecule has 0 aliphatic heterocycles. The van der Waals surface area contributed by atoms with Gasteiger partial charge in [-0.1, -0.05) is 47.6 Å². The van der Waals surface area contributed by atoms with E-state index in [4.69, 9.17) is 10.3 Å². The van der Waals surface area contributed by atoms with E-state index in [-0.39, 0.29) is 24.5 Å². The fourth-order valence-electron chi connectivity index (χ4n) is 4.90. The molecule has 1 atom stereocenters. The van der Waals surface area contributed by atoms with Gasteiger partial charge in [-0.05, 0) is 80.3 Å². The van der Waals surface area contributed by atoms with E-state index in [1.54, 1.807) is 20.0 Å². The SMILES string of the molecule is CC(C)(CN=[N+]=[N-])OC(=O)n1cc2c(n1)CCC(N(C(=O)c1ccc(-c3ccccc3)cc1)C1CC1)C2. The Bertz CT molecular complexity index is 1340. The number of amides is 1. The van der Waals surface area contributed by atoms with Gasteiger partial charge in [0.1, 0.15) is 5.60 Å². The van der Waals surface area contributed by atoms with E-state index in [2.05, 4.69) is 32.2 Å². The van der Waals surface area contributed by atoms with Crippen LogP contribution in [0.25, 0.3) is 21.6 Å². The molecule has 1 saturated carbocycles. The van der Waals surface area contributed by atoms with Crippen molar-refractivity contribution in [2.24, 2.45) is 5.11 Å². The first-order valence-electron chi connectivity index (χ1n) is 12.6. The van der Waals surface area contributed by atoms with Crippen molar-refractivity contribution in [2.45, 2.75) is 63.6 Å². The van der Waals surface area contributed by atoms with Gasteiger partial charge in [-0.15, -0.1) is 0 Å². The molecule has 0 saturated heterocycles. The molecule has 0 N–H and O–H groups in total. The Morgan fingerprint density at radius 2 is 1.78 bits per heavy atom. The summed E-state index contributed by atoms with van der Waals surface area (Å²) in [5.41, 5.74) is 12.3. The predicted octanol–water partition coefficient (Wildman–Crippen LogP) is 5.79. The minimum absolute atomic E-state index is 0.0308. The van der Waals surface area contributed by atoms with E-state index in [0.29, 0.717) is 18.4 Å². The van der Waals surface area contributed by atoms with E-state index < -0.39 is 11.7 Å². The predicted molar refractivity (Wildman–Crippen MR) is 139 cm³/mol. The van der Waals surface area contributed by atoms with Crippen LogP contribution in [0.1, 0.15) is 54.7 Å². The molecule has 0 spiro atoms. The number of azide groups is 1. The molecule has 2 aliphatic carbocycles. The average molecular weight is 499 g/mol. The molecule has 1 amide bonds. The third-order valence-corrected chi connectivity index (χ3v) is 6.92. The van der Waals surface area contributed by atoms with Gasteiger partial charge in [-0.2, -0.15) is 9.78 Å². The number of hydrogen-bond donors (Lipinski definition) is 0.